The lowest BCUT2D eigenvalue weighted by Gasteiger charge is -2.26. The van der Waals surface area contributed by atoms with Crippen LogP contribution in [0.15, 0.2) is 51.9 Å². The number of aryl methyl sites for hydroxylation is 3. The minimum atomic E-state index is -3.66. The number of ether oxygens (including phenoxy) is 1. The summed E-state index contributed by atoms with van der Waals surface area (Å²) in [5.41, 5.74) is 3.02. The van der Waals surface area contributed by atoms with E-state index in [-0.39, 0.29) is 23.6 Å². The number of hydrogen-bond acceptors (Lipinski definition) is 7. The number of rotatable bonds is 7. The lowest BCUT2D eigenvalue weighted by atomic mass is 10.1. The monoisotopic (exact) mass is 470 g/mol. The van der Waals surface area contributed by atoms with E-state index in [0.717, 1.165) is 11.1 Å². The van der Waals surface area contributed by atoms with Gasteiger partial charge in [0.05, 0.1) is 18.1 Å². The fraction of sp³-hybridized carbons (Fsp3) is 0.348. The summed E-state index contributed by atoms with van der Waals surface area (Å²) in [6.45, 7) is 5.10. The molecule has 1 amide bonds. The molecule has 1 aliphatic heterocycles. The lowest BCUT2D eigenvalue weighted by Crippen LogP contribution is -2.40. The summed E-state index contributed by atoms with van der Waals surface area (Å²) in [4.78, 5) is 17.0. The summed E-state index contributed by atoms with van der Waals surface area (Å²) in [6, 6.07) is 12.6. The van der Waals surface area contributed by atoms with Crippen LogP contribution in [0.1, 0.15) is 23.4 Å². The molecule has 4 rings (SSSR count). The molecule has 1 fully saturated rings. The van der Waals surface area contributed by atoms with Crippen LogP contribution in [-0.4, -0.2) is 55.1 Å². The van der Waals surface area contributed by atoms with Crippen molar-refractivity contribution in [1.29, 1.82) is 0 Å². The Labute approximate surface area is 192 Å². The van der Waals surface area contributed by atoms with Gasteiger partial charge < -0.3 is 14.6 Å². The third-order valence-electron chi connectivity index (χ3n) is 5.40. The Balaban J connectivity index is 1.39. The van der Waals surface area contributed by atoms with Crippen molar-refractivity contribution < 1.29 is 22.5 Å². The molecule has 3 aromatic rings. The maximum atomic E-state index is 13.0. The van der Waals surface area contributed by atoms with Crippen molar-refractivity contribution in [2.24, 2.45) is 0 Å². The molecular weight excluding hydrogens is 444 g/mol. The van der Waals surface area contributed by atoms with Crippen molar-refractivity contribution in [1.82, 2.24) is 14.4 Å². The SMILES string of the molecule is Cc1ccc(-c2noc(CCC(=O)Nc3ccc(C)c(S(=O)(=O)N4CCOCC4)c3)n2)cc1. The van der Waals surface area contributed by atoms with Gasteiger partial charge in [-0.2, -0.15) is 9.29 Å². The number of carbonyl (C=O) groups excluding carboxylic acids is 1. The summed E-state index contributed by atoms with van der Waals surface area (Å²) in [5, 5.41) is 6.74. The quantitative estimate of drug-likeness (QED) is 0.565. The zero-order valence-electron chi connectivity index (χ0n) is 18.6. The molecule has 1 aliphatic rings. The molecule has 1 N–H and O–H groups in total. The van der Waals surface area contributed by atoms with Crippen LogP contribution in [0, 0.1) is 13.8 Å². The second-order valence-corrected chi connectivity index (χ2v) is 9.83. The molecule has 174 valence electrons. The number of hydrogen-bond donors (Lipinski definition) is 1. The zero-order chi connectivity index (χ0) is 23.4. The van der Waals surface area contributed by atoms with E-state index in [9.17, 15) is 13.2 Å². The minimum absolute atomic E-state index is 0.120. The number of aromatic nitrogens is 2. The number of nitrogens with zero attached hydrogens (tertiary/aromatic N) is 3. The number of anilines is 1. The normalized spacial score (nSPS) is 14.8. The van der Waals surface area contributed by atoms with Gasteiger partial charge >= 0.3 is 0 Å². The van der Waals surface area contributed by atoms with E-state index in [4.69, 9.17) is 9.26 Å². The smallest absolute Gasteiger partial charge is 0.243 e. The van der Waals surface area contributed by atoms with Crippen LogP contribution in [0.2, 0.25) is 0 Å². The molecule has 0 saturated carbocycles. The van der Waals surface area contributed by atoms with Crippen LogP contribution < -0.4 is 5.32 Å². The van der Waals surface area contributed by atoms with Crippen molar-refractivity contribution in [2.45, 2.75) is 31.6 Å². The van der Waals surface area contributed by atoms with E-state index >= 15 is 0 Å². The van der Waals surface area contributed by atoms with Crippen molar-refractivity contribution in [3.05, 3.63) is 59.5 Å². The first-order chi connectivity index (χ1) is 15.8. The highest BCUT2D eigenvalue weighted by molar-refractivity contribution is 7.89. The second-order valence-electron chi connectivity index (χ2n) is 7.92. The highest BCUT2D eigenvalue weighted by Gasteiger charge is 2.28. The molecule has 0 radical (unpaired) electrons. The number of morpholine rings is 1. The van der Waals surface area contributed by atoms with E-state index in [2.05, 4.69) is 15.5 Å². The third kappa shape index (κ3) is 5.47. The third-order valence-corrected chi connectivity index (χ3v) is 7.44. The molecule has 0 bridgehead atoms. The fourth-order valence-corrected chi connectivity index (χ4v) is 5.16. The summed E-state index contributed by atoms with van der Waals surface area (Å²) < 4.78 is 38.0. The molecule has 1 aromatic heterocycles. The second kappa shape index (κ2) is 9.82. The molecule has 0 spiro atoms. The predicted molar refractivity (Wildman–Crippen MR) is 122 cm³/mol. The maximum Gasteiger partial charge on any atom is 0.243 e. The van der Waals surface area contributed by atoms with Gasteiger partial charge in [0.1, 0.15) is 0 Å². The average Bonchev–Trinajstić information content (AvgIpc) is 3.29. The van der Waals surface area contributed by atoms with Gasteiger partial charge in [0, 0.05) is 37.2 Å². The van der Waals surface area contributed by atoms with Crippen LogP contribution in [0.4, 0.5) is 5.69 Å². The van der Waals surface area contributed by atoms with Gasteiger partial charge in [-0.15, -0.1) is 0 Å². The molecule has 1 saturated heterocycles. The standard InChI is InChI=1S/C23H26N4O5S/c1-16-3-6-18(7-4-16)23-25-22(32-26-23)10-9-21(28)24-19-8-5-17(2)20(15-19)33(29,30)27-11-13-31-14-12-27/h3-8,15H,9-14H2,1-2H3,(H,24,28). The van der Waals surface area contributed by atoms with Gasteiger partial charge in [-0.25, -0.2) is 8.42 Å². The van der Waals surface area contributed by atoms with Crippen LogP contribution in [0.5, 0.6) is 0 Å². The molecule has 2 aromatic carbocycles. The number of nitrogens with one attached hydrogen (secondary N) is 1. The van der Waals surface area contributed by atoms with E-state index in [1.807, 2.05) is 31.2 Å². The fourth-order valence-electron chi connectivity index (χ4n) is 3.50. The molecule has 9 nitrogen and oxygen atoms in total. The Morgan fingerprint density at radius 2 is 1.82 bits per heavy atom. The lowest BCUT2D eigenvalue weighted by molar-refractivity contribution is -0.116. The number of amides is 1. The molecule has 33 heavy (non-hydrogen) atoms. The first-order valence-corrected chi connectivity index (χ1v) is 12.1. The maximum absolute atomic E-state index is 13.0. The largest absolute Gasteiger partial charge is 0.379 e. The molecule has 2 heterocycles. The van der Waals surface area contributed by atoms with Gasteiger partial charge in [0.2, 0.25) is 27.6 Å². The van der Waals surface area contributed by atoms with Gasteiger partial charge in [0.15, 0.2) is 0 Å². The van der Waals surface area contributed by atoms with Crippen LogP contribution in [0.25, 0.3) is 11.4 Å². The highest BCUT2D eigenvalue weighted by Crippen LogP contribution is 2.24. The van der Waals surface area contributed by atoms with Crippen molar-refractivity contribution in [3.63, 3.8) is 0 Å². The van der Waals surface area contributed by atoms with Gasteiger partial charge in [-0.1, -0.05) is 41.1 Å². The minimum Gasteiger partial charge on any atom is -0.379 e. The Kier molecular flexibility index (Phi) is 6.87. The van der Waals surface area contributed by atoms with Gasteiger partial charge in [-0.3, -0.25) is 4.79 Å². The van der Waals surface area contributed by atoms with E-state index in [1.54, 1.807) is 19.1 Å². The number of sulfonamides is 1. The Morgan fingerprint density at radius 3 is 2.55 bits per heavy atom. The van der Waals surface area contributed by atoms with Crippen LogP contribution >= 0.6 is 0 Å². The highest BCUT2D eigenvalue weighted by atomic mass is 32.2. The van der Waals surface area contributed by atoms with E-state index in [0.29, 0.717) is 49.3 Å². The van der Waals surface area contributed by atoms with Crippen molar-refractivity contribution in [2.75, 3.05) is 31.6 Å². The number of carbonyl (C=O) groups is 1. The molecule has 0 aliphatic carbocycles. The summed E-state index contributed by atoms with van der Waals surface area (Å²) in [5.74, 6) is 0.561. The van der Waals surface area contributed by atoms with Crippen molar-refractivity contribution in [3.8, 4) is 11.4 Å². The van der Waals surface area contributed by atoms with Crippen LogP contribution in [0.3, 0.4) is 0 Å². The van der Waals surface area contributed by atoms with E-state index < -0.39 is 10.0 Å². The van der Waals surface area contributed by atoms with E-state index in [1.165, 1.54) is 10.4 Å². The first-order valence-electron chi connectivity index (χ1n) is 10.7. The zero-order valence-corrected chi connectivity index (χ0v) is 19.4. The summed E-state index contributed by atoms with van der Waals surface area (Å²) in [7, 11) is -3.66. The topological polar surface area (TPSA) is 115 Å². The molecular formula is C23H26N4O5S. The molecule has 10 heteroatoms. The van der Waals surface area contributed by atoms with Gasteiger partial charge in [0.25, 0.3) is 0 Å². The Morgan fingerprint density at radius 1 is 1.09 bits per heavy atom. The van der Waals surface area contributed by atoms with Crippen molar-refractivity contribution >= 4 is 21.6 Å². The Hall–Kier alpha value is -3.08. The average molecular weight is 471 g/mol. The molecule has 0 atom stereocenters. The first kappa shape index (κ1) is 23.1. The summed E-state index contributed by atoms with van der Waals surface area (Å²) >= 11 is 0. The summed E-state index contributed by atoms with van der Waals surface area (Å²) in [6.07, 6.45) is 0.393. The van der Waals surface area contributed by atoms with Crippen LogP contribution in [-0.2, 0) is 26.0 Å². The Bertz CT molecular complexity index is 1230. The predicted octanol–water partition coefficient (Wildman–Crippen LogP) is 2.95. The molecule has 0 unspecified atom stereocenters. The van der Waals surface area contributed by atoms with Gasteiger partial charge in [-0.05, 0) is 31.5 Å². The number of benzene rings is 2.